The van der Waals surface area contributed by atoms with Gasteiger partial charge in [-0.2, -0.15) is 31.4 Å². The zero-order valence-electron chi connectivity index (χ0n) is 10.4. The van der Waals surface area contributed by atoms with E-state index in [1.807, 2.05) is 0 Å². The normalized spacial score (nSPS) is 12.5. The molecule has 2 heterocycles. The van der Waals surface area contributed by atoms with Gasteiger partial charge < -0.3 is 5.32 Å². The van der Waals surface area contributed by atoms with Gasteiger partial charge in [0.05, 0.1) is 5.56 Å². The van der Waals surface area contributed by atoms with Gasteiger partial charge in [-0.1, -0.05) is 0 Å². The average Bonchev–Trinajstić information content (AvgIpc) is 2.86. The van der Waals surface area contributed by atoms with Gasteiger partial charge in [-0.15, -0.1) is 0 Å². The van der Waals surface area contributed by atoms with Crippen LogP contribution in [-0.4, -0.2) is 21.8 Å². The van der Waals surface area contributed by atoms with E-state index in [9.17, 15) is 26.3 Å². The van der Waals surface area contributed by atoms with Crippen LogP contribution in [0.3, 0.4) is 0 Å². The maximum atomic E-state index is 12.7. The molecule has 2 aromatic rings. The monoisotopic (exact) mass is 310 g/mol. The topological polar surface area (TPSA) is 42.7 Å². The van der Waals surface area contributed by atoms with E-state index in [-0.39, 0.29) is 11.6 Å². The summed E-state index contributed by atoms with van der Waals surface area (Å²) in [4.78, 5) is 3.75. The summed E-state index contributed by atoms with van der Waals surface area (Å²) in [6.07, 6.45) is -8.44. The van der Waals surface area contributed by atoms with Crippen molar-refractivity contribution in [1.82, 2.24) is 14.8 Å². The predicted octanol–water partition coefficient (Wildman–Crippen LogP) is 3.35. The van der Waals surface area contributed by atoms with Crippen molar-refractivity contribution in [3.05, 3.63) is 35.7 Å². The van der Waals surface area contributed by atoms with Gasteiger partial charge in [-0.3, -0.25) is 0 Å². The molecule has 0 saturated heterocycles. The third-order valence-electron chi connectivity index (χ3n) is 2.51. The third kappa shape index (κ3) is 3.26. The summed E-state index contributed by atoms with van der Waals surface area (Å²) in [5.74, 6) is -0.506. The molecule has 0 bridgehead atoms. The van der Waals surface area contributed by atoms with Crippen molar-refractivity contribution in [2.45, 2.75) is 12.4 Å². The zero-order valence-corrected chi connectivity index (χ0v) is 10.4. The molecular weight excluding hydrogens is 302 g/mol. The summed E-state index contributed by atoms with van der Waals surface area (Å²) >= 11 is 0. The first kappa shape index (κ1) is 15.1. The molecule has 10 heteroatoms. The Kier molecular flexibility index (Phi) is 3.56. The van der Waals surface area contributed by atoms with Crippen LogP contribution < -0.4 is 5.32 Å². The average molecular weight is 310 g/mol. The summed E-state index contributed by atoms with van der Waals surface area (Å²) < 4.78 is 76.2. The Morgan fingerprint density at radius 2 is 1.71 bits per heavy atom. The van der Waals surface area contributed by atoms with Gasteiger partial charge in [0.2, 0.25) is 0 Å². The van der Waals surface area contributed by atoms with E-state index < -0.39 is 23.6 Å². The first-order chi connectivity index (χ1) is 9.61. The van der Waals surface area contributed by atoms with Crippen molar-refractivity contribution >= 4 is 5.82 Å². The van der Waals surface area contributed by atoms with Crippen molar-refractivity contribution in [3.8, 4) is 5.82 Å². The molecule has 0 aliphatic rings. The Labute approximate surface area is 114 Å². The fraction of sp³-hybridized carbons (Fsp3) is 0.273. The second-order valence-electron chi connectivity index (χ2n) is 3.99. The Balaban J connectivity index is 2.51. The number of pyridine rings is 1. The summed E-state index contributed by atoms with van der Waals surface area (Å²) in [7, 11) is 1.34. The van der Waals surface area contributed by atoms with Crippen LogP contribution in [0, 0.1) is 0 Å². The maximum absolute atomic E-state index is 12.7. The van der Waals surface area contributed by atoms with Crippen LogP contribution >= 0.6 is 0 Å². The lowest BCUT2D eigenvalue weighted by molar-refractivity contribution is -0.141. The van der Waals surface area contributed by atoms with Crippen LogP contribution in [0.15, 0.2) is 24.4 Å². The smallest absolute Gasteiger partial charge is 0.373 e. The number of halogens is 6. The van der Waals surface area contributed by atoms with Gasteiger partial charge in [0.1, 0.15) is 5.82 Å². The Bertz CT molecular complexity index is 643. The van der Waals surface area contributed by atoms with Gasteiger partial charge in [0.15, 0.2) is 11.5 Å². The molecule has 1 N–H and O–H groups in total. The molecule has 0 unspecified atom stereocenters. The number of anilines is 1. The lowest BCUT2D eigenvalue weighted by Crippen LogP contribution is -2.11. The molecule has 2 rings (SSSR count). The maximum Gasteiger partial charge on any atom is 0.435 e. The van der Waals surface area contributed by atoms with Crippen molar-refractivity contribution in [3.63, 3.8) is 0 Å². The van der Waals surface area contributed by atoms with Crippen LogP contribution in [0.25, 0.3) is 5.82 Å². The summed E-state index contributed by atoms with van der Waals surface area (Å²) in [5.41, 5.74) is -2.26. The Morgan fingerprint density at radius 3 is 2.19 bits per heavy atom. The number of nitrogens with zero attached hydrogens (tertiary/aromatic N) is 3. The molecule has 0 amide bonds. The van der Waals surface area contributed by atoms with E-state index in [2.05, 4.69) is 15.4 Å². The molecular formula is C11H8F6N4. The van der Waals surface area contributed by atoms with E-state index in [4.69, 9.17) is 0 Å². The van der Waals surface area contributed by atoms with E-state index in [1.165, 1.54) is 7.05 Å². The summed E-state index contributed by atoms with van der Waals surface area (Å²) in [5, 5.41) is 5.60. The van der Waals surface area contributed by atoms with Gasteiger partial charge in [0, 0.05) is 13.2 Å². The third-order valence-corrected chi connectivity index (χ3v) is 2.51. The minimum atomic E-state index is -4.68. The second kappa shape index (κ2) is 4.93. The molecule has 0 saturated carbocycles. The second-order valence-corrected chi connectivity index (χ2v) is 3.99. The molecule has 0 radical (unpaired) electrons. The van der Waals surface area contributed by atoms with Gasteiger partial charge in [-0.05, 0) is 18.2 Å². The standard InChI is InChI=1S/C11H8F6N4/c1-18-8-4-6(10(12,13)14)5-9(19-8)21-3-2-7(20-21)11(15,16)17/h2-5H,1H3,(H,18,19). The highest BCUT2D eigenvalue weighted by Gasteiger charge is 2.34. The number of alkyl halides is 6. The van der Waals surface area contributed by atoms with E-state index >= 15 is 0 Å². The van der Waals surface area contributed by atoms with Gasteiger partial charge in [0.25, 0.3) is 0 Å². The SMILES string of the molecule is CNc1cc(C(F)(F)F)cc(-n2ccc(C(F)(F)F)n2)n1. The molecule has 2 aromatic heterocycles. The van der Waals surface area contributed by atoms with E-state index in [0.717, 1.165) is 12.3 Å². The molecule has 21 heavy (non-hydrogen) atoms. The molecule has 0 fully saturated rings. The predicted molar refractivity (Wildman–Crippen MR) is 60.9 cm³/mol. The Hall–Kier alpha value is -2.26. The number of hydrogen-bond donors (Lipinski definition) is 1. The highest BCUT2D eigenvalue weighted by atomic mass is 19.4. The highest BCUT2D eigenvalue weighted by molar-refractivity contribution is 5.44. The largest absolute Gasteiger partial charge is 0.435 e. The molecule has 4 nitrogen and oxygen atoms in total. The number of hydrogen-bond acceptors (Lipinski definition) is 3. The van der Waals surface area contributed by atoms with E-state index in [1.54, 1.807) is 0 Å². The van der Waals surface area contributed by atoms with Crippen LogP contribution in [0.5, 0.6) is 0 Å². The van der Waals surface area contributed by atoms with Crippen molar-refractivity contribution in [2.24, 2.45) is 0 Å². The quantitative estimate of drug-likeness (QED) is 0.865. The van der Waals surface area contributed by atoms with E-state index in [0.29, 0.717) is 16.8 Å². The summed E-state index contributed by atoms with van der Waals surface area (Å²) in [6.45, 7) is 0. The minimum absolute atomic E-state index is 0.135. The fourth-order valence-corrected chi connectivity index (χ4v) is 1.53. The van der Waals surface area contributed by atoms with Crippen LogP contribution in [0.2, 0.25) is 0 Å². The zero-order chi connectivity index (χ0) is 15.8. The Morgan fingerprint density at radius 1 is 1.05 bits per heavy atom. The number of nitrogens with one attached hydrogen (secondary N) is 1. The lowest BCUT2D eigenvalue weighted by Gasteiger charge is -2.11. The molecule has 0 aliphatic carbocycles. The summed E-state index contributed by atoms with van der Waals surface area (Å²) in [6, 6.07) is 2.02. The highest BCUT2D eigenvalue weighted by Crippen LogP contribution is 2.32. The molecule has 114 valence electrons. The van der Waals surface area contributed by atoms with Gasteiger partial charge in [-0.25, -0.2) is 9.67 Å². The first-order valence-corrected chi connectivity index (χ1v) is 5.51. The number of rotatable bonds is 2. The molecule has 0 spiro atoms. The van der Waals surface area contributed by atoms with Crippen molar-refractivity contribution < 1.29 is 26.3 Å². The lowest BCUT2D eigenvalue weighted by atomic mass is 10.2. The molecule has 0 atom stereocenters. The van der Waals surface area contributed by atoms with Crippen molar-refractivity contribution in [2.75, 3.05) is 12.4 Å². The fourth-order valence-electron chi connectivity index (χ4n) is 1.53. The van der Waals surface area contributed by atoms with Crippen molar-refractivity contribution in [1.29, 1.82) is 0 Å². The molecule has 0 aromatic carbocycles. The number of aromatic nitrogens is 3. The van der Waals surface area contributed by atoms with Gasteiger partial charge >= 0.3 is 12.4 Å². The van der Waals surface area contributed by atoms with Crippen LogP contribution in [0.1, 0.15) is 11.3 Å². The first-order valence-electron chi connectivity index (χ1n) is 5.51. The van der Waals surface area contributed by atoms with Crippen LogP contribution in [0.4, 0.5) is 32.2 Å². The minimum Gasteiger partial charge on any atom is -0.373 e. The molecule has 0 aliphatic heterocycles. The van der Waals surface area contributed by atoms with Crippen LogP contribution in [-0.2, 0) is 12.4 Å².